The largest absolute Gasteiger partial charge is 0.453 e. The van der Waals surface area contributed by atoms with Crippen LogP contribution < -0.4 is 4.90 Å². The summed E-state index contributed by atoms with van der Waals surface area (Å²) in [5, 5.41) is 10.9. The summed E-state index contributed by atoms with van der Waals surface area (Å²) in [6, 6.07) is 12.0. The molecule has 0 unspecified atom stereocenters. The Kier molecular flexibility index (Phi) is 5.40. The summed E-state index contributed by atoms with van der Waals surface area (Å²) in [6.07, 6.45) is -2.35. The summed E-state index contributed by atoms with van der Waals surface area (Å²) in [7, 11) is 0. The van der Waals surface area contributed by atoms with Gasteiger partial charge in [-0.2, -0.15) is 17.7 Å². The monoisotopic (exact) mass is 404 g/mol. The quantitative estimate of drug-likeness (QED) is 0.652. The second kappa shape index (κ2) is 7.98. The third-order valence-electron chi connectivity index (χ3n) is 5.17. The van der Waals surface area contributed by atoms with E-state index in [9.17, 15) is 13.2 Å². The van der Waals surface area contributed by atoms with E-state index in [1.54, 1.807) is 6.07 Å². The van der Waals surface area contributed by atoms with Gasteiger partial charge in [-0.1, -0.05) is 37.6 Å². The van der Waals surface area contributed by atoms with Crippen LogP contribution in [0, 0.1) is 0 Å². The molecule has 154 valence electrons. The van der Waals surface area contributed by atoms with Crippen LogP contribution in [-0.4, -0.2) is 50.9 Å². The average molecular weight is 404 g/mol. The Balaban J connectivity index is 1.40. The molecule has 1 aliphatic rings. The first-order chi connectivity index (χ1) is 13.9. The number of hydrogen-bond acceptors (Lipinski definition) is 5. The molecule has 1 aromatic carbocycles. The topological polar surface area (TPSA) is 49.6 Å². The molecule has 6 nitrogen and oxygen atoms in total. The Morgan fingerprint density at radius 3 is 2.24 bits per heavy atom. The number of alkyl halides is 3. The Labute approximate surface area is 166 Å². The van der Waals surface area contributed by atoms with Crippen molar-refractivity contribution in [2.24, 2.45) is 0 Å². The lowest BCUT2D eigenvalue weighted by molar-refractivity contribution is -0.146. The van der Waals surface area contributed by atoms with Gasteiger partial charge in [0.25, 0.3) is 5.82 Å². The minimum absolute atomic E-state index is 0.0891. The van der Waals surface area contributed by atoms with Gasteiger partial charge in [0.2, 0.25) is 0 Å². The van der Waals surface area contributed by atoms with E-state index in [0.29, 0.717) is 18.9 Å². The van der Waals surface area contributed by atoms with Crippen molar-refractivity contribution in [3.05, 3.63) is 53.3 Å². The number of benzene rings is 1. The molecule has 0 spiro atoms. The van der Waals surface area contributed by atoms with Crippen LogP contribution in [0.2, 0.25) is 0 Å². The van der Waals surface area contributed by atoms with Gasteiger partial charge < -0.3 is 4.90 Å². The molecule has 4 rings (SSSR count). The van der Waals surface area contributed by atoms with Gasteiger partial charge in [0.05, 0.1) is 0 Å². The first-order valence-corrected chi connectivity index (χ1v) is 9.79. The van der Waals surface area contributed by atoms with Crippen molar-refractivity contribution in [1.82, 2.24) is 24.7 Å². The van der Waals surface area contributed by atoms with Crippen molar-refractivity contribution in [1.29, 1.82) is 0 Å². The molecular weight excluding hydrogens is 381 g/mol. The number of nitrogens with zero attached hydrogens (tertiary/aromatic N) is 6. The highest BCUT2D eigenvalue weighted by atomic mass is 19.4. The fraction of sp³-hybridized carbons (Fsp3) is 0.450. The molecular formula is C20H23F3N6. The fourth-order valence-corrected chi connectivity index (χ4v) is 3.62. The second-order valence-corrected chi connectivity index (χ2v) is 7.31. The molecule has 2 aromatic heterocycles. The van der Waals surface area contributed by atoms with Gasteiger partial charge >= 0.3 is 6.18 Å². The van der Waals surface area contributed by atoms with E-state index >= 15 is 0 Å². The molecule has 1 fully saturated rings. The van der Waals surface area contributed by atoms with Crippen molar-refractivity contribution >= 4 is 11.5 Å². The van der Waals surface area contributed by atoms with Gasteiger partial charge in [-0.25, -0.2) is 0 Å². The van der Waals surface area contributed by atoms with E-state index in [1.165, 1.54) is 17.2 Å². The molecule has 0 aliphatic carbocycles. The maximum Gasteiger partial charge on any atom is 0.453 e. The Morgan fingerprint density at radius 2 is 1.59 bits per heavy atom. The number of rotatable bonds is 5. The molecule has 0 radical (unpaired) electrons. The van der Waals surface area contributed by atoms with E-state index in [1.807, 2.05) is 4.90 Å². The van der Waals surface area contributed by atoms with Gasteiger partial charge in [-0.05, 0) is 29.7 Å². The van der Waals surface area contributed by atoms with Crippen molar-refractivity contribution in [3.8, 4) is 0 Å². The lowest BCUT2D eigenvalue weighted by atomic mass is 10.1. The molecule has 0 atom stereocenters. The lowest BCUT2D eigenvalue weighted by Gasteiger charge is -2.35. The zero-order valence-corrected chi connectivity index (χ0v) is 16.2. The summed E-state index contributed by atoms with van der Waals surface area (Å²) in [4.78, 5) is 4.35. The van der Waals surface area contributed by atoms with Crippen LogP contribution in [0.1, 0.15) is 30.3 Å². The van der Waals surface area contributed by atoms with Gasteiger partial charge in [0.15, 0.2) is 5.65 Å². The number of aryl methyl sites for hydroxylation is 1. The third kappa shape index (κ3) is 4.34. The van der Waals surface area contributed by atoms with E-state index in [0.717, 1.165) is 37.0 Å². The third-order valence-corrected chi connectivity index (χ3v) is 5.17. The molecule has 29 heavy (non-hydrogen) atoms. The lowest BCUT2D eigenvalue weighted by Crippen LogP contribution is -2.46. The zero-order valence-electron chi connectivity index (χ0n) is 16.2. The maximum atomic E-state index is 13.1. The van der Waals surface area contributed by atoms with E-state index < -0.39 is 12.0 Å². The molecule has 0 bridgehead atoms. The van der Waals surface area contributed by atoms with Gasteiger partial charge in [0, 0.05) is 32.7 Å². The van der Waals surface area contributed by atoms with Crippen molar-refractivity contribution in [2.75, 3.05) is 31.1 Å². The molecule has 1 aliphatic heterocycles. The number of anilines is 1. The fourth-order valence-electron chi connectivity index (χ4n) is 3.62. The van der Waals surface area contributed by atoms with E-state index in [4.69, 9.17) is 0 Å². The zero-order chi connectivity index (χ0) is 20.4. The number of fused-ring (bicyclic) bond motifs is 1. The van der Waals surface area contributed by atoms with Crippen LogP contribution in [-0.2, 0) is 19.1 Å². The van der Waals surface area contributed by atoms with Crippen molar-refractivity contribution in [2.45, 2.75) is 32.5 Å². The summed E-state index contributed by atoms with van der Waals surface area (Å²) >= 11 is 0. The Morgan fingerprint density at radius 1 is 0.897 bits per heavy atom. The average Bonchev–Trinajstić information content (AvgIpc) is 3.14. The summed E-state index contributed by atoms with van der Waals surface area (Å²) in [5.41, 5.74) is 2.72. The summed E-state index contributed by atoms with van der Waals surface area (Å²) in [6.45, 7) is 6.10. The molecule has 1 saturated heterocycles. The van der Waals surface area contributed by atoms with Crippen LogP contribution in [0.5, 0.6) is 0 Å². The van der Waals surface area contributed by atoms with Crippen LogP contribution in [0.25, 0.3) is 5.65 Å². The van der Waals surface area contributed by atoms with Crippen LogP contribution in [0.3, 0.4) is 0 Å². The maximum absolute atomic E-state index is 13.1. The molecule has 0 saturated carbocycles. The van der Waals surface area contributed by atoms with Crippen molar-refractivity contribution in [3.63, 3.8) is 0 Å². The van der Waals surface area contributed by atoms with Gasteiger partial charge in [0.1, 0.15) is 5.82 Å². The first-order valence-electron chi connectivity index (χ1n) is 9.79. The number of piperazine rings is 1. The molecule has 3 aromatic rings. The van der Waals surface area contributed by atoms with Gasteiger partial charge in [-0.15, -0.1) is 15.3 Å². The van der Waals surface area contributed by atoms with E-state index in [2.05, 4.69) is 51.4 Å². The Bertz CT molecular complexity index is 959. The van der Waals surface area contributed by atoms with Crippen molar-refractivity contribution < 1.29 is 13.2 Å². The molecule has 3 heterocycles. The normalized spacial score (nSPS) is 15.9. The number of halogens is 3. The van der Waals surface area contributed by atoms with Crippen LogP contribution in [0.15, 0.2) is 36.4 Å². The first kappa shape index (κ1) is 19.6. The minimum Gasteiger partial charge on any atom is -0.353 e. The van der Waals surface area contributed by atoms with Crippen LogP contribution >= 0.6 is 0 Å². The second-order valence-electron chi connectivity index (χ2n) is 7.31. The summed E-state index contributed by atoms with van der Waals surface area (Å²) < 4.78 is 40.0. The molecule has 0 N–H and O–H groups in total. The minimum atomic E-state index is -4.59. The highest BCUT2D eigenvalue weighted by Gasteiger charge is 2.37. The SMILES string of the molecule is CCCc1ccc(CN2CCN(c3ccc4nnc(C(F)(F)F)n4n3)CC2)cc1. The van der Waals surface area contributed by atoms with E-state index in [-0.39, 0.29) is 5.65 Å². The highest BCUT2D eigenvalue weighted by Crippen LogP contribution is 2.28. The number of aromatic nitrogens is 4. The van der Waals surface area contributed by atoms with Crippen LogP contribution in [0.4, 0.5) is 19.0 Å². The molecule has 0 amide bonds. The molecule has 9 heteroatoms. The smallest absolute Gasteiger partial charge is 0.353 e. The predicted molar refractivity (Wildman–Crippen MR) is 104 cm³/mol. The Hall–Kier alpha value is -2.68. The summed E-state index contributed by atoms with van der Waals surface area (Å²) in [5.74, 6) is -0.592. The van der Waals surface area contributed by atoms with Gasteiger partial charge in [-0.3, -0.25) is 4.90 Å². The number of hydrogen-bond donors (Lipinski definition) is 0. The highest BCUT2D eigenvalue weighted by molar-refractivity contribution is 5.46. The standard InChI is InChI=1S/C20H23F3N6/c1-2-3-15-4-6-16(7-5-15)14-27-10-12-28(13-11-27)18-9-8-17-24-25-19(20(21,22)23)29(17)26-18/h4-9H,2-3,10-14H2,1H3. The predicted octanol–water partition coefficient (Wildman–Crippen LogP) is 3.42.